The van der Waals surface area contributed by atoms with Gasteiger partial charge in [0.1, 0.15) is 4.90 Å². The molecule has 0 fully saturated rings. The van der Waals surface area contributed by atoms with Gasteiger partial charge in [-0.3, -0.25) is 4.79 Å². The standard InChI is InChI=1S/C11H13N5O4S/c1-2-13-21(18,19)8-6-4-3-5-7(8)14-11(17)9-10(12)16-20-15-9/h3-6,13H,2H2,1H3,(H2,12,16)(H,14,17). The highest BCUT2D eigenvalue weighted by molar-refractivity contribution is 7.89. The third-order valence-corrected chi connectivity index (χ3v) is 4.09. The van der Waals surface area contributed by atoms with E-state index in [4.69, 9.17) is 5.73 Å². The van der Waals surface area contributed by atoms with E-state index in [1.165, 1.54) is 12.1 Å². The molecule has 2 rings (SSSR count). The molecule has 1 aromatic heterocycles. The number of rotatable bonds is 5. The van der Waals surface area contributed by atoms with Crippen molar-refractivity contribution < 1.29 is 17.8 Å². The number of anilines is 2. The van der Waals surface area contributed by atoms with E-state index in [2.05, 4.69) is 25.0 Å². The number of nitrogens with zero attached hydrogens (tertiary/aromatic N) is 2. The molecule has 0 unspecified atom stereocenters. The number of nitrogen functional groups attached to an aromatic ring is 1. The fraction of sp³-hybridized carbons (Fsp3) is 0.182. The van der Waals surface area contributed by atoms with Crippen molar-refractivity contribution in [2.75, 3.05) is 17.6 Å². The van der Waals surface area contributed by atoms with E-state index < -0.39 is 15.9 Å². The smallest absolute Gasteiger partial charge is 0.281 e. The minimum absolute atomic E-state index is 0.0600. The largest absolute Gasteiger partial charge is 0.379 e. The van der Waals surface area contributed by atoms with Gasteiger partial charge in [0.15, 0.2) is 0 Å². The second kappa shape index (κ2) is 5.89. The van der Waals surface area contributed by atoms with Crippen LogP contribution in [0.3, 0.4) is 0 Å². The maximum Gasteiger partial charge on any atom is 0.281 e. The van der Waals surface area contributed by atoms with Crippen LogP contribution in [-0.4, -0.2) is 31.2 Å². The fourth-order valence-electron chi connectivity index (χ4n) is 1.61. The Hall–Kier alpha value is -2.46. The van der Waals surface area contributed by atoms with Crippen molar-refractivity contribution in [1.82, 2.24) is 15.0 Å². The topological polar surface area (TPSA) is 140 Å². The van der Waals surface area contributed by atoms with Crippen molar-refractivity contribution in [2.45, 2.75) is 11.8 Å². The fourth-order valence-corrected chi connectivity index (χ4v) is 2.81. The van der Waals surface area contributed by atoms with Crippen molar-refractivity contribution in [1.29, 1.82) is 0 Å². The maximum absolute atomic E-state index is 12.1. The first kappa shape index (κ1) is 14.9. The maximum atomic E-state index is 12.1. The Morgan fingerprint density at radius 2 is 2.05 bits per heavy atom. The van der Waals surface area contributed by atoms with Gasteiger partial charge < -0.3 is 11.1 Å². The van der Waals surface area contributed by atoms with Crippen LogP contribution in [0.1, 0.15) is 17.4 Å². The Morgan fingerprint density at radius 3 is 2.67 bits per heavy atom. The molecule has 1 aromatic carbocycles. The first-order valence-corrected chi connectivity index (χ1v) is 7.42. The van der Waals surface area contributed by atoms with Gasteiger partial charge in [-0.15, -0.1) is 0 Å². The number of amides is 1. The van der Waals surface area contributed by atoms with E-state index in [0.717, 1.165) is 0 Å². The molecule has 1 amide bonds. The highest BCUT2D eigenvalue weighted by Gasteiger charge is 2.21. The molecule has 21 heavy (non-hydrogen) atoms. The molecule has 1 heterocycles. The van der Waals surface area contributed by atoms with Gasteiger partial charge in [0.2, 0.25) is 21.5 Å². The van der Waals surface area contributed by atoms with E-state index in [1.54, 1.807) is 19.1 Å². The number of nitrogens with two attached hydrogens (primary N) is 1. The average Bonchev–Trinajstić information content (AvgIpc) is 2.85. The molecule has 0 saturated carbocycles. The van der Waals surface area contributed by atoms with Crippen LogP contribution in [0, 0.1) is 0 Å². The summed E-state index contributed by atoms with van der Waals surface area (Å²) >= 11 is 0. The van der Waals surface area contributed by atoms with Crippen molar-refractivity contribution in [3.63, 3.8) is 0 Å². The van der Waals surface area contributed by atoms with Crippen LogP contribution in [0.2, 0.25) is 0 Å². The molecule has 0 aliphatic heterocycles. The van der Waals surface area contributed by atoms with E-state index in [9.17, 15) is 13.2 Å². The third kappa shape index (κ3) is 3.17. The van der Waals surface area contributed by atoms with Gasteiger partial charge in [-0.2, -0.15) is 0 Å². The molecule has 0 aliphatic carbocycles. The summed E-state index contributed by atoms with van der Waals surface area (Å²) in [7, 11) is -3.72. The summed E-state index contributed by atoms with van der Waals surface area (Å²) in [6, 6.07) is 5.96. The van der Waals surface area contributed by atoms with Crippen molar-refractivity contribution in [3.8, 4) is 0 Å². The van der Waals surface area contributed by atoms with Crippen LogP contribution in [-0.2, 0) is 10.0 Å². The Kier molecular flexibility index (Phi) is 4.19. The number of nitrogens with one attached hydrogen (secondary N) is 2. The number of para-hydroxylation sites is 1. The lowest BCUT2D eigenvalue weighted by Crippen LogP contribution is -2.25. The average molecular weight is 311 g/mol. The van der Waals surface area contributed by atoms with Gasteiger partial charge >= 0.3 is 0 Å². The van der Waals surface area contributed by atoms with Crippen LogP contribution in [0.15, 0.2) is 33.8 Å². The molecule has 0 aliphatic rings. The molecule has 0 spiro atoms. The van der Waals surface area contributed by atoms with Gasteiger partial charge in [0.05, 0.1) is 5.69 Å². The van der Waals surface area contributed by atoms with Crippen LogP contribution < -0.4 is 15.8 Å². The van der Waals surface area contributed by atoms with E-state index in [0.29, 0.717) is 0 Å². The molecule has 2 aromatic rings. The third-order valence-electron chi connectivity index (χ3n) is 2.49. The SMILES string of the molecule is CCNS(=O)(=O)c1ccccc1NC(=O)c1nonc1N. The van der Waals surface area contributed by atoms with Crippen molar-refractivity contribution in [2.24, 2.45) is 0 Å². The van der Waals surface area contributed by atoms with Crippen LogP contribution in [0.5, 0.6) is 0 Å². The van der Waals surface area contributed by atoms with Gasteiger partial charge in [0, 0.05) is 6.54 Å². The molecule has 4 N–H and O–H groups in total. The minimum atomic E-state index is -3.72. The Labute approximate surface area is 120 Å². The molecular formula is C11H13N5O4S. The summed E-state index contributed by atoms with van der Waals surface area (Å²) in [5.74, 6) is -0.896. The minimum Gasteiger partial charge on any atom is -0.379 e. The number of carbonyl (C=O) groups is 1. The molecule has 112 valence electrons. The van der Waals surface area contributed by atoms with Gasteiger partial charge in [-0.25, -0.2) is 17.8 Å². The summed E-state index contributed by atoms with van der Waals surface area (Å²) in [5.41, 5.74) is 5.29. The first-order valence-electron chi connectivity index (χ1n) is 5.93. The van der Waals surface area contributed by atoms with E-state index in [-0.39, 0.29) is 28.6 Å². The second-order valence-electron chi connectivity index (χ2n) is 3.95. The number of hydrogen-bond donors (Lipinski definition) is 3. The summed E-state index contributed by atoms with van der Waals surface area (Å²) in [5, 5.41) is 9.05. The Balaban J connectivity index is 2.34. The number of carbonyl (C=O) groups excluding carboxylic acids is 1. The first-order chi connectivity index (χ1) is 9.95. The predicted octanol–water partition coefficient (Wildman–Crippen LogP) is 0.202. The molecule has 0 radical (unpaired) electrons. The quantitative estimate of drug-likeness (QED) is 0.716. The molecule has 10 heteroatoms. The highest BCUT2D eigenvalue weighted by atomic mass is 32.2. The van der Waals surface area contributed by atoms with Gasteiger partial charge in [0.25, 0.3) is 5.91 Å². The highest BCUT2D eigenvalue weighted by Crippen LogP contribution is 2.21. The van der Waals surface area contributed by atoms with Crippen LogP contribution in [0.4, 0.5) is 11.5 Å². The number of sulfonamides is 1. The van der Waals surface area contributed by atoms with Crippen molar-refractivity contribution in [3.05, 3.63) is 30.0 Å². The molecular weight excluding hydrogens is 298 g/mol. The molecule has 9 nitrogen and oxygen atoms in total. The summed E-state index contributed by atoms with van der Waals surface area (Å²) in [6.07, 6.45) is 0. The summed E-state index contributed by atoms with van der Waals surface area (Å²) < 4.78 is 30.8. The summed E-state index contributed by atoms with van der Waals surface area (Å²) in [6.45, 7) is 1.88. The zero-order valence-corrected chi connectivity index (χ0v) is 11.8. The monoisotopic (exact) mass is 311 g/mol. The van der Waals surface area contributed by atoms with E-state index in [1.807, 2.05) is 0 Å². The Bertz CT molecular complexity index is 755. The number of hydrogen-bond acceptors (Lipinski definition) is 7. The number of benzene rings is 1. The predicted molar refractivity (Wildman–Crippen MR) is 74.0 cm³/mol. The zero-order chi connectivity index (χ0) is 15.5. The normalized spacial score (nSPS) is 11.3. The lowest BCUT2D eigenvalue weighted by atomic mass is 10.3. The van der Waals surface area contributed by atoms with E-state index >= 15 is 0 Å². The lowest BCUT2D eigenvalue weighted by molar-refractivity contribution is 0.101. The molecule has 0 saturated heterocycles. The molecule has 0 bridgehead atoms. The van der Waals surface area contributed by atoms with Gasteiger partial charge in [-0.1, -0.05) is 19.1 Å². The second-order valence-corrected chi connectivity index (χ2v) is 5.69. The van der Waals surface area contributed by atoms with Crippen molar-refractivity contribution >= 4 is 27.4 Å². The lowest BCUT2D eigenvalue weighted by Gasteiger charge is -2.10. The number of aromatic nitrogens is 2. The zero-order valence-electron chi connectivity index (χ0n) is 11.0. The van der Waals surface area contributed by atoms with Crippen LogP contribution >= 0.6 is 0 Å². The summed E-state index contributed by atoms with van der Waals surface area (Å²) in [4.78, 5) is 11.9. The molecule has 0 atom stereocenters. The Morgan fingerprint density at radius 1 is 1.33 bits per heavy atom. The van der Waals surface area contributed by atoms with Crippen LogP contribution in [0.25, 0.3) is 0 Å². The van der Waals surface area contributed by atoms with Gasteiger partial charge in [-0.05, 0) is 22.4 Å².